The molecular formula is C13H12ClN5O2. The Bertz CT molecular complexity index is 818. The number of methoxy groups -OCH3 is 2. The van der Waals surface area contributed by atoms with E-state index in [2.05, 4.69) is 20.1 Å². The van der Waals surface area contributed by atoms with Crippen LogP contribution in [-0.2, 0) is 7.05 Å². The van der Waals surface area contributed by atoms with Gasteiger partial charge in [-0.15, -0.1) is 0 Å². The molecule has 21 heavy (non-hydrogen) atoms. The van der Waals surface area contributed by atoms with Crippen molar-refractivity contribution in [2.24, 2.45) is 7.05 Å². The van der Waals surface area contributed by atoms with Gasteiger partial charge in [0.1, 0.15) is 0 Å². The fraction of sp³-hybridized carbons (Fsp3) is 0.231. The lowest BCUT2D eigenvalue weighted by Crippen LogP contribution is -1.99. The highest BCUT2D eigenvalue weighted by Gasteiger charge is 2.15. The molecular weight excluding hydrogens is 294 g/mol. The Kier molecular flexibility index (Phi) is 3.34. The van der Waals surface area contributed by atoms with Crippen LogP contribution >= 0.6 is 11.6 Å². The first kappa shape index (κ1) is 13.6. The van der Waals surface area contributed by atoms with Gasteiger partial charge in [-0.05, 0) is 6.07 Å². The number of fused-ring (bicyclic) bond motifs is 1. The van der Waals surface area contributed by atoms with Crippen molar-refractivity contribution in [3.05, 3.63) is 23.5 Å². The van der Waals surface area contributed by atoms with Gasteiger partial charge in [0.2, 0.25) is 5.88 Å². The minimum Gasteiger partial charge on any atom is -0.480 e. The lowest BCUT2D eigenvalue weighted by molar-refractivity contribution is 0.353. The van der Waals surface area contributed by atoms with Gasteiger partial charge >= 0.3 is 6.01 Å². The first-order chi connectivity index (χ1) is 10.1. The highest BCUT2D eigenvalue weighted by Crippen LogP contribution is 2.32. The lowest BCUT2D eigenvalue weighted by atomic mass is 10.2. The number of hydrogen-bond donors (Lipinski definition) is 0. The molecule has 0 aliphatic carbocycles. The molecule has 0 atom stereocenters. The average molecular weight is 306 g/mol. The first-order valence-electron chi connectivity index (χ1n) is 6.07. The first-order valence-corrected chi connectivity index (χ1v) is 6.45. The fourth-order valence-electron chi connectivity index (χ4n) is 1.99. The molecule has 8 heteroatoms. The smallest absolute Gasteiger partial charge is 0.319 e. The van der Waals surface area contributed by atoms with E-state index in [1.165, 1.54) is 14.2 Å². The highest BCUT2D eigenvalue weighted by atomic mass is 35.5. The molecule has 108 valence electrons. The van der Waals surface area contributed by atoms with E-state index in [-0.39, 0.29) is 6.01 Å². The molecule has 0 unspecified atom stereocenters. The second kappa shape index (κ2) is 5.17. The van der Waals surface area contributed by atoms with Crippen LogP contribution in [-0.4, -0.2) is 39.0 Å². The van der Waals surface area contributed by atoms with E-state index in [1.54, 1.807) is 30.2 Å². The molecule has 3 aromatic rings. The van der Waals surface area contributed by atoms with Crippen LogP contribution in [0.3, 0.4) is 0 Å². The van der Waals surface area contributed by atoms with Crippen molar-refractivity contribution in [3.63, 3.8) is 0 Å². The van der Waals surface area contributed by atoms with Crippen LogP contribution in [0.15, 0.2) is 18.5 Å². The second-order valence-corrected chi connectivity index (χ2v) is 4.68. The van der Waals surface area contributed by atoms with Crippen LogP contribution < -0.4 is 9.47 Å². The summed E-state index contributed by atoms with van der Waals surface area (Å²) in [6.45, 7) is 0. The molecule has 0 N–H and O–H groups in total. The number of halogens is 1. The summed E-state index contributed by atoms with van der Waals surface area (Å²) < 4.78 is 11.9. The molecule has 0 aromatic carbocycles. The second-order valence-electron chi connectivity index (χ2n) is 4.27. The van der Waals surface area contributed by atoms with Crippen LogP contribution in [0, 0.1) is 0 Å². The highest BCUT2D eigenvalue weighted by molar-refractivity contribution is 6.35. The third-order valence-corrected chi connectivity index (χ3v) is 3.35. The lowest BCUT2D eigenvalue weighted by Gasteiger charge is -2.08. The van der Waals surface area contributed by atoms with Crippen molar-refractivity contribution in [1.29, 1.82) is 0 Å². The molecule has 0 radical (unpaired) electrons. The molecule has 0 saturated carbocycles. The largest absolute Gasteiger partial charge is 0.480 e. The predicted molar refractivity (Wildman–Crippen MR) is 77.6 cm³/mol. The number of rotatable bonds is 3. The van der Waals surface area contributed by atoms with Crippen LogP contribution in [0.2, 0.25) is 5.02 Å². The van der Waals surface area contributed by atoms with Gasteiger partial charge in [0, 0.05) is 13.2 Å². The van der Waals surface area contributed by atoms with Crippen molar-refractivity contribution in [2.45, 2.75) is 0 Å². The normalized spacial score (nSPS) is 10.9. The van der Waals surface area contributed by atoms with E-state index in [0.717, 1.165) is 5.39 Å². The summed E-state index contributed by atoms with van der Waals surface area (Å²) in [6.07, 6.45) is 3.27. The van der Waals surface area contributed by atoms with Gasteiger partial charge in [-0.3, -0.25) is 4.68 Å². The maximum atomic E-state index is 6.28. The van der Waals surface area contributed by atoms with Crippen molar-refractivity contribution in [1.82, 2.24) is 24.7 Å². The van der Waals surface area contributed by atoms with Gasteiger partial charge in [-0.1, -0.05) is 11.6 Å². The van der Waals surface area contributed by atoms with Gasteiger partial charge in [-0.2, -0.15) is 10.1 Å². The summed E-state index contributed by atoms with van der Waals surface area (Å²) in [6, 6.07) is 1.96. The van der Waals surface area contributed by atoms with Gasteiger partial charge in [-0.25, -0.2) is 9.97 Å². The van der Waals surface area contributed by atoms with Gasteiger partial charge in [0.05, 0.1) is 42.1 Å². The van der Waals surface area contributed by atoms with E-state index in [4.69, 9.17) is 21.1 Å². The minimum atomic E-state index is 0.225. The van der Waals surface area contributed by atoms with E-state index >= 15 is 0 Å². The zero-order chi connectivity index (χ0) is 15.0. The summed E-state index contributed by atoms with van der Waals surface area (Å²) in [4.78, 5) is 12.8. The SMILES string of the molecule is COc1ncc(-c2cc(Cl)c3cnn(C)c3n2)c(OC)n1. The quantitative estimate of drug-likeness (QED) is 0.737. The Balaban J connectivity index is 2.22. The number of ether oxygens (including phenoxy) is 2. The predicted octanol–water partition coefficient (Wildman–Crippen LogP) is 2.10. The average Bonchev–Trinajstić information content (AvgIpc) is 2.88. The Morgan fingerprint density at radius 1 is 1.14 bits per heavy atom. The molecule has 3 aromatic heterocycles. The third-order valence-electron chi connectivity index (χ3n) is 3.04. The maximum absolute atomic E-state index is 6.28. The summed E-state index contributed by atoms with van der Waals surface area (Å²) in [5.41, 5.74) is 1.91. The number of aromatic nitrogens is 5. The Morgan fingerprint density at radius 3 is 2.67 bits per heavy atom. The van der Waals surface area contributed by atoms with Crippen LogP contribution in [0.4, 0.5) is 0 Å². The molecule has 0 amide bonds. The van der Waals surface area contributed by atoms with Gasteiger partial charge in [0.25, 0.3) is 0 Å². The van der Waals surface area contributed by atoms with E-state index in [9.17, 15) is 0 Å². The molecule has 0 saturated heterocycles. The van der Waals surface area contributed by atoms with E-state index in [0.29, 0.717) is 27.8 Å². The molecule has 0 bridgehead atoms. The van der Waals surface area contributed by atoms with Crippen molar-refractivity contribution >= 4 is 22.6 Å². The van der Waals surface area contributed by atoms with Gasteiger partial charge in [0.15, 0.2) is 5.65 Å². The summed E-state index contributed by atoms with van der Waals surface area (Å²) >= 11 is 6.28. The van der Waals surface area contributed by atoms with E-state index < -0.39 is 0 Å². The fourth-order valence-corrected chi connectivity index (χ4v) is 2.23. The summed E-state index contributed by atoms with van der Waals surface area (Å²) in [7, 11) is 4.82. The zero-order valence-electron chi connectivity index (χ0n) is 11.7. The molecule has 7 nitrogen and oxygen atoms in total. The Labute approximate surface area is 125 Å². The molecule has 3 rings (SSSR count). The molecule has 0 spiro atoms. The number of aryl methyl sites for hydroxylation is 1. The molecule has 0 aliphatic rings. The number of hydrogen-bond acceptors (Lipinski definition) is 6. The van der Waals surface area contributed by atoms with Crippen LogP contribution in [0.25, 0.3) is 22.3 Å². The van der Waals surface area contributed by atoms with Crippen molar-refractivity contribution in [2.75, 3.05) is 14.2 Å². The number of pyridine rings is 1. The topological polar surface area (TPSA) is 75.0 Å². The Hall–Kier alpha value is -2.41. The Morgan fingerprint density at radius 2 is 1.95 bits per heavy atom. The summed E-state index contributed by atoms with van der Waals surface area (Å²) in [5.74, 6) is 0.368. The molecule has 0 fully saturated rings. The maximum Gasteiger partial charge on any atom is 0.319 e. The third kappa shape index (κ3) is 2.25. The van der Waals surface area contributed by atoms with Crippen molar-refractivity contribution in [3.8, 4) is 23.1 Å². The standard InChI is InChI=1S/C13H12ClN5O2/c1-19-11-7(6-16-19)9(14)4-10(17-11)8-5-15-13(21-3)18-12(8)20-2/h4-6H,1-3H3. The van der Waals surface area contributed by atoms with Crippen molar-refractivity contribution < 1.29 is 9.47 Å². The number of nitrogens with zero attached hydrogens (tertiary/aromatic N) is 5. The minimum absolute atomic E-state index is 0.225. The van der Waals surface area contributed by atoms with Crippen LogP contribution in [0.5, 0.6) is 11.9 Å². The molecule has 0 aliphatic heterocycles. The monoisotopic (exact) mass is 305 g/mol. The molecule has 3 heterocycles. The zero-order valence-corrected chi connectivity index (χ0v) is 12.4. The van der Waals surface area contributed by atoms with E-state index in [1.807, 2.05) is 0 Å². The van der Waals surface area contributed by atoms with Crippen LogP contribution in [0.1, 0.15) is 0 Å². The summed E-state index contributed by atoms with van der Waals surface area (Å²) in [5, 5.41) is 5.49. The van der Waals surface area contributed by atoms with Gasteiger partial charge < -0.3 is 9.47 Å².